The normalized spacial score (nSPS) is 10.3. The summed E-state index contributed by atoms with van der Waals surface area (Å²) in [5, 5.41) is 0.584. The highest BCUT2D eigenvalue weighted by molar-refractivity contribution is 6.01. The largest absolute Gasteiger partial charge is 0.461 e. The van der Waals surface area contributed by atoms with Gasteiger partial charge in [-0.3, -0.25) is 0 Å². The van der Waals surface area contributed by atoms with Gasteiger partial charge in [0.05, 0.1) is 12.1 Å². The summed E-state index contributed by atoms with van der Waals surface area (Å²) >= 11 is 0. The molecule has 1 aromatic heterocycles. The molecule has 0 spiro atoms. The van der Waals surface area contributed by atoms with E-state index in [-0.39, 0.29) is 12.3 Å². The van der Waals surface area contributed by atoms with Crippen molar-refractivity contribution in [1.82, 2.24) is 9.97 Å². The van der Waals surface area contributed by atoms with E-state index in [1.54, 1.807) is 31.2 Å². The van der Waals surface area contributed by atoms with E-state index in [0.29, 0.717) is 10.9 Å². The second-order valence-electron chi connectivity index (χ2n) is 3.16. The molecule has 1 N–H and O–H groups in total. The quantitative estimate of drug-likeness (QED) is 0.766. The fourth-order valence-corrected chi connectivity index (χ4v) is 1.46. The number of nitrogens with zero attached hydrogens (tertiary/aromatic N) is 1. The van der Waals surface area contributed by atoms with Crippen LogP contribution in [0.4, 0.5) is 0 Å². The van der Waals surface area contributed by atoms with Gasteiger partial charge in [-0.05, 0) is 13.0 Å². The molecular weight excluding hydrogens is 208 g/mol. The van der Waals surface area contributed by atoms with E-state index in [9.17, 15) is 9.59 Å². The van der Waals surface area contributed by atoms with Crippen LogP contribution in [0.1, 0.15) is 17.4 Å². The van der Waals surface area contributed by atoms with Gasteiger partial charge in [-0.1, -0.05) is 18.2 Å². The summed E-state index contributed by atoms with van der Waals surface area (Å²) in [6.45, 7) is 1.95. The average Bonchev–Trinajstić information content (AvgIpc) is 2.28. The third kappa shape index (κ3) is 1.79. The first kappa shape index (κ1) is 10.4. The van der Waals surface area contributed by atoms with E-state index in [4.69, 9.17) is 4.74 Å². The molecule has 0 bridgehead atoms. The second-order valence-corrected chi connectivity index (χ2v) is 3.16. The summed E-state index contributed by atoms with van der Waals surface area (Å²) in [4.78, 5) is 29.0. The minimum atomic E-state index is -0.579. The summed E-state index contributed by atoms with van der Waals surface area (Å²) in [6, 6.07) is 6.96. The number of benzene rings is 1. The molecule has 1 heterocycles. The Morgan fingerprint density at radius 2 is 2.19 bits per heavy atom. The Balaban J connectivity index is 2.68. The van der Waals surface area contributed by atoms with Crippen LogP contribution in [-0.2, 0) is 4.74 Å². The number of nitrogens with one attached hydrogen (secondary N) is 1. The van der Waals surface area contributed by atoms with Crippen LogP contribution in [0.15, 0.2) is 29.1 Å². The van der Waals surface area contributed by atoms with Crippen LogP contribution in [0.2, 0.25) is 0 Å². The molecule has 1 aromatic carbocycles. The first-order valence-corrected chi connectivity index (χ1v) is 4.88. The Labute approximate surface area is 91.1 Å². The lowest BCUT2D eigenvalue weighted by molar-refractivity contribution is 0.0521. The highest BCUT2D eigenvalue weighted by Gasteiger charge is 2.13. The van der Waals surface area contributed by atoms with E-state index < -0.39 is 11.7 Å². The molecule has 0 atom stereocenters. The molecular formula is C11H10N2O3. The summed E-state index contributed by atoms with van der Waals surface area (Å²) in [5.41, 5.74) is 0.0773. The molecule has 0 aliphatic heterocycles. The molecule has 82 valence electrons. The van der Waals surface area contributed by atoms with Gasteiger partial charge in [-0.15, -0.1) is 0 Å². The average molecular weight is 218 g/mol. The maximum atomic E-state index is 11.6. The number of esters is 1. The van der Waals surface area contributed by atoms with Crippen LogP contribution in [0.25, 0.3) is 10.9 Å². The molecule has 0 radical (unpaired) electrons. The van der Waals surface area contributed by atoms with E-state index >= 15 is 0 Å². The van der Waals surface area contributed by atoms with Gasteiger partial charge in [0.2, 0.25) is 0 Å². The predicted molar refractivity (Wildman–Crippen MR) is 58.3 cm³/mol. The zero-order valence-electron chi connectivity index (χ0n) is 8.69. The topological polar surface area (TPSA) is 72.0 Å². The fraction of sp³-hybridized carbons (Fsp3) is 0.182. The van der Waals surface area contributed by atoms with Crippen molar-refractivity contribution < 1.29 is 9.53 Å². The molecule has 16 heavy (non-hydrogen) atoms. The molecule has 0 saturated carbocycles. The Bertz CT molecular complexity index is 589. The van der Waals surface area contributed by atoms with Gasteiger partial charge < -0.3 is 9.72 Å². The SMILES string of the molecule is CCOC(=O)c1nc(=O)[nH]c2ccccc12. The number of ether oxygens (including phenoxy) is 1. The summed E-state index contributed by atoms with van der Waals surface area (Å²) in [6.07, 6.45) is 0. The Morgan fingerprint density at radius 1 is 1.44 bits per heavy atom. The van der Waals surface area contributed by atoms with Gasteiger partial charge in [0, 0.05) is 5.39 Å². The van der Waals surface area contributed by atoms with E-state index in [1.165, 1.54) is 0 Å². The fourth-order valence-electron chi connectivity index (χ4n) is 1.46. The zero-order chi connectivity index (χ0) is 11.5. The van der Waals surface area contributed by atoms with Crippen LogP contribution in [0, 0.1) is 0 Å². The highest BCUT2D eigenvalue weighted by Crippen LogP contribution is 2.13. The first-order chi connectivity index (χ1) is 7.72. The maximum Gasteiger partial charge on any atom is 0.357 e. The van der Waals surface area contributed by atoms with Crippen molar-refractivity contribution in [2.75, 3.05) is 6.61 Å². The molecule has 0 fully saturated rings. The molecule has 0 aliphatic rings. The van der Waals surface area contributed by atoms with Gasteiger partial charge >= 0.3 is 11.7 Å². The van der Waals surface area contributed by atoms with Crippen LogP contribution in [-0.4, -0.2) is 22.5 Å². The van der Waals surface area contributed by atoms with Crippen molar-refractivity contribution in [1.29, 1.82) is 0 Å². The number of fused-ring (bicyclic) bond motifs is 1. The number of carbonyl (C=O) groups excluding carboxylic acids is 1. The summed E-state index contributed by atoms with van der Waals surface area (Å²) < 4.78 is 4.84. The van der Waals surface area contributed by atoms with Crippen molar-refractivity contribution in [3.63, 3.8) is 0 Å². The minimum absolute atomic E-state index is 0.0567. The molecule has 5 heteroatoms. The second kappa shape index (κ2) is 4.14. The number of rotatable bonds is 2. The molecule has 0 saturated heterocycles. The van der Waals surface area contributed by atoms with Crippen LogP contribution in [0.5, 0.6) is 0 Å². The highest BCUT2D eigenvalue weighted by atomic mass is 16.5. The van der Waals surface area contributed by atoms with Crippen LogP contribution >= 0.6 is 0 Å². The number of H-pyrrole nitrogens is 1. The third-order valence-corrected chi connectivity index (χ3v) is 2.11. The van der Waals surface area contributed by atoms with Gasteiger partial charge in [0.15, 0.2) is 5.69 Å². The predicted octanol–water partition coefficient (Wildman–Crippen LogP) is 1.10. The minimum Gasteiger partial charge on any atom is -0.461 e. The third-order valence-electron chi connectivity index (χ3n) is 2.11. The molecule has 0 aliphatic carbocycles. The lowest BCUT2D eigenvalue weighted by atomic mass is 10.2. The molecule has 2 rings (SSSR count). The Hall–Kier alpha value is -2.17. The van der Waals surface area contributed by atoms with Crippen molar-refractivity contribution in [3.8, 4) is 0 Å². The maximum absolute atomic E-state index is 11.6. The Kier molecular flexibility index (Phi) is 2.68. The van der Waals surface area contributed by atoms with Crippen LogP contribution in [0.3, 0.4) is 0 Å². The smallest absolute Gasteiger partial charge is 0.357 e. The van der Waals surface area contributed by atoms with Crippen molar-refractivity contribution >= 4 is 16.9 Å². The summed E-state index contributed by atoms with van der Waals surface area (Å²) in [7, 11) is 0. The van der Waals surface area contributed by atoms with Gasteiger partial charge in [-0.25, -0.2) is 9.59 Å². The standard InChI is InChI=1S/C11H10N2O3/c1-2-16-10(14)9-7-5-3-4-6-8(7)12-11(15)13-9/h3-6H,2H2,1H3,(H,12,13,15). The van der Waals surface area contributed by atoms with E-state index in [2.05, 4.69) is 9.97 Å². The summed E-state index contributed by atoms with van der Waals surface area (Å²) in [5.74, 6) is -0.579. The Morgan fingerprint density at radius 3 is 2.94 bits per heavy atom. The van der Waals surface area contributed by atoms with Gasteiger partial charge in [0.1, 0.15) is 0 Å². The number of hydrogen-bond donors (Lipinski definition) is 1. The molecule has 5 nitrogen and oxygen atoms in total. The van der Waals surface area contributed by atoms with Gasteiger partial charge in [-0.2, -0.15) is 4.98 Å². The lowest BCUT2D eigenvalue weighted by Crippen LogP contribution is -2.18. The molecule has 0 unspecified atom stereocenters. The number of aromatic amines is 1. The first-order valence-electron chi connectivity index (χ1n) is 4.88. The van der Waals surface area contributed by atoms with Crippen molar-refractivity contribution in [2.45, 2.75) is 6.92 Å². The number of carbonyl (C=O) groups is 1. The number of aromatic nitrogens is 2. The van der Waals surface area contributed by atoms with Crippen molar-refractivity contribution in [2.24, 2.45) is 0 Å². The number of hydrogen-bond acceptors (Lipinski definition) is 4. The monoisotopic (exact) mass is 218 g/mol. The lowest BCUT2D eigenvalue weighted by Gasteiger charge is -2.03. The van der Waals surface area contributed by atoms with Gasteiger partial charge in [0.25, 0.3) is 0 Å². The van der Waals surface area contributed by atoms with Crippen LogP contribution < -0.4 is 5.69 Å². The zero-order valence-corrected chi connectivity index (χ0v) is 8.69. The number of para-hydroxylation sites is 1. The molecule has 0 amide bonds. The van der Waals surface area contributed by atoms with E-state index in [0.717, 1.165) is 0 Å². The molecule has 2 aromatic rings. The van der Waals surface area contributed by atoms with E-state index in [1.807, 2.05) is 0 Å². The van der Waals surface area contributed by atoms with Crippen molar-refractivity contribution in [3.05, 3.63) is 40.4 Å².